The van der Waals surface area contributed by atoms with Crippen molar-refractivity contribution in [2.75, 3.05) is 13.1 Å². The molecule has 138 valence electrons. The van der Waals surface area contributed by atoms with Gasteiger partial charge in [-0.05, 0) is 64.2 Å². The van der Waals surface area contributed by atoms with E-state index in [-0.39, 0.29) is 17.8 Å². The van der Waals surface area contributed by atoms with Crippen molar-refractivity contribution in [1.29, 1.82) is 0 Å². The standard InChI is InChI=1S/C22H21FN2OS/c23-20-7-5-18(6-8-20)22(26)24-21-9-11-25(14-21)13-16-1-3-17(4-2-16)19-10-12-27-15-19/h1-8,10,12,15,21H,9,11,13-14H2,(H,24,26). The lowest BCUT2D eigenvalue weighted by Gasteiger charge is -2.17. The van der Waals surface area contributed by atoms with E-state index in [1.165, 1.54) is 41.0 Å². The number of carbonyl (C=O) groups excluding carboxylic acids is 1. The lowest BCUT2D eigenvalue weighted by atomic mass is 10.1. The Hall–Kier alpha value is -2.50. The molecule has 1 amide bonds. The van der Waals surface area contributed by atoms with Crippen molar-refractivity contribution in [1.82, 2.24) is 10.2 Å². The van der Waals surface area contributed by atoms with Gasteiger partial charge >= 0.3 is 0 Å². The van der Waals surface area contributed by atoms with E-state index >= 15 is 0 Å². The average Bonchev–Trinajstić information content (AvgIpc) is 3.35. The van der Waals surface area contributed by atoms with Crippen molar-refractivity contribution >= 4 is 17.2 Å². The van der Waals surface area contributed by atoms with Gasteiger partial charge in [-0.15, -0.1) is 0 Å². The Morgan fingerprint density at radius 2 is 1.85 bits per heavy atom. The van der Waals surface area contributed by atoms with E-state index in [0.717, 1.165) is 26.1 Å². The molecule has 2 heterocycles. The highest BCUT2D eigenvalue weighted by Gasteiger charge is 2.24. The molecule has 1 fully saturated rings. The molecule has 4 rings (SSSR count). The van der Waals surface area contributed by atoms with Crippen molar-refractivity contribution in [2.24, 2.45) is 0 Å². The Morgan fingerprint density at radius 1 is 1.07 bits per heavy atom. The first-order valence-corrected chi connectivity index (χ1v) is 10.0. The molecule has 1 unspecified atom stereocenters. The molecule has 0 bridgehead atoms. The van der Waals surface area contributed by atoms with Crippen LogP contribution in [0.3, 0.4) is 0 Å². The van der Waals surface area contributed by atoms with Crippen molar-refractivity contribution in [2.45, 2.75) is 19.0 Å². The first-order valence-electron chi connectivity index (χ1n) is 9.08. The number of likely N-dealkylation sites (tertiary alicyclic amines) is 1. The maximum absolute atomic E-state index is 13.0. The van der Waals surface area contributed by atoms with Crippen LogP contribution in [0.4, 0.5) is 4.39 Å². The highest BCUT2D eigenvalue weighted by atomic mass is 32.1. The molecule has 1 atom stereocenters. The Bertz CT molecular complexity index is 891. The van der Waals surface area contributed by atoms with Crippen LogP contribution in [-0.4, -0.2) is 29.9 Å². The summed E-state index contributed by atoms with van der Waals surface area (Å²) >= 11 is 1.71. The first kappa shape index (κ1) is 17.9. The summed E-state index contributed by atoms with van der Waals surface area (Å²) in [6.45, 7) is 2.67. The second-order valence-corrected chi connectivity index (χ2v) is 7.69. The molecule has 2 aromatic carbocycles. The Kier molecular flexibility index (Phi) is 5.32. The molecule has 5 heteroatoms. The summed E-state index contributed by atoms with van der Waals surface area (Å²) < 4.78 is 13.0. The molecule has 1 aromatic heterocycles. The summed E-state index contributed by atoms with van der Waals surface area (Å²) in [5.74, 6) is -0.467. The van der Waals surface area contributed by atoms with Crippen LogP contribution < -0.4 is 5.32 Å². The van der Waals surface area contributed by atoms with Crippen LogP contribution in [-0.2, 0) is 6.54 Å². The van der Waals surface area contributed by atoms with Crippen molar-refractivity contribution in [3.05, 3.63) is 82.3 Å². The minimum Gasteiger partial charge on any atom is -0.348 e. The molecule has 1 aliphatic rings. The second-order valence-electron chi connectivity index (χ2n) is 6.91. The molecule has 0 aliphatic carbocycles. The molecule has 27 heavy (non-hydrogen) atoms. The number of hydrogen-bond donors (Lipinski definition) is 1. The lowest BCUT2D eigenvalue weighted by molar-refractivity contribution is 0.0937. The quantitative estimate of drug-likeness (QED) is 0.704. The van der Waals surface area contributed by atoms with Crippen LogP contribution in [0, 0.1) is 5.82 Å². The van der Waals surface area contributed by atoms with E-state index in [4.69, 9.17) is 0 Å². The van der Waals surface area contributed by atoms with Gasteiger partial charge in [0.2, 0.25) is 0 Å². The number of rotatable bonds is 5. The largest absolute Gasteiger partial charge is 0.348 e. The van der Waals surface area contributed by atoms with E-state index in [9.17, 15) is 9.18 Å². The molecule has 1 aliphatic heterocycles. The minimum atomic E-state index is -0.330. The molecule has 1 saturated heterocycles. The minimum absolute atomic E-state index is 0.132. The summed E-state index contributed by atoms with van der Waals surface area (Å²) in [6.07, 6.45) is 0.930. The Morgan fingerprint density at radius 3 is 2.56 bits per heavy atom. The van der Waals surface area contributed by atoms with Gasteiger partial charge in [-0.2, -0.15) is 11.3 Å². The molecule has 0 saturated carbocycles. The molecule has 0 spiro atoms. The maximum atomic E-state index is 13.0. The van der Waals surface area contributed by atoms with Gasteiger partial charge < -0.3 is 5.32 Å². The van der Waals surface area contributed by atoms with Gasteiger partial charge in [0.15, 0.2) is 0 Å². The van der Waals surface area contributed by atoms with Gasteiger partial charge in [0.1, 0.15) is 5.82 Å². The number of carbonyl (C=O) groups is 1. The third-order valence-corrected chi connectivity index (χ3v) is 5.61. The molecular weight excluding hydrogens is 359 g/mol. The summed E-state index contributed by atoms with van der Waals surface area (Å²) in [5.41, 5.74) is 4.28. The van der Waals surface area contributed by atoms with Crippen LogP contribution in [0.5, 0.6) is 0 Å². The predicted octanol–water partition coefficient (Wildman–Crippen LogP) is 4.56. The lowest BCUT2D eigenvalue weighted by Crippen LogP contribution is -2.36. The zero-order valence-electron chi connectivity index (χ0n) is 14.9. The van der Waals surface area contributed by atoms with Gasteiger partial charge in [-0.1, -0.05) is 24.3 Å². The highest BCUT2D eigenvalue weighted by Crippen LogP contribution is 2.23. The average molecular weight is 380 g/mol. The van der Waals surface area contributed by atoms with Gasteiger partial charge in [-0.25, -0.2) is 4.39 Å². The zero-order valence-corrected chi connectivity index (χ0v) is 15.7. The van der Waals surface area contributed by atoms with Crippen LogP contribution in [0.15, 0.2) is 65.4 Å². The zero-order chi connectivity index (χ0) is 18.6. The second kappa shape index (κ2) is 8.03. The predicted molar refractivity (Wildman–Crippen MR) is 107 cm³/mol. The number of benzene rings is 2. The monoisotopic (exact) mass is 380 g/mol. The number of hydrogen-bond acceptors (Lipinski definition) is 3. The molecule has 3 nitrogen and oxygen atoms in total. The molecule has 0 radical (unpaired) electrons. The van der Waals surface area contributed by atoms with Gasteiger partial charge in [0.25, 0.3) is 5.91 Å². The summed E-state index contributed by atoms with van der Waals surface area (Å²) in [5, 5.41) is 7.30. The van der Waals surface area contributed by atoms with Crippen molar-refractivity contribution in [3.8, 4) is 11.1 Å². The molecular formula is C22H21FN2OS. The fraction of sp³-hybridized carbons (Fsp3) is 0.227. The van der Waals surface area contributed by atoms with Crippen molar-refractivity contribution in [3.63, 3.8) is 0 Å². The fourth-order valence-electron chi connectivity index (χ4n) is 3.45. The van der Waals surface area contributed by atoms with E-state index < -0.39 is 0 Å². The van der Waals surface area contributed by atoms with Crippen LogP contribution >= 0.6 is 11.3 Å². The SMILES string of the molecule is O=C(NC1CCN(Cc2ccc(-c3ccsc3)cc2)C1)c1ccc(F)cc1. The maximum Gasteiger partial charge on any atom is 0.251 e. The van der Waals surface area contributed by atoms with Gasteiger partial charge in [0, 0.05) is 31.2 Å². The van der Waals surface area contributed by atoms with E-state index in [1.807, 2.05) is 0 Å². The van der Waals surface area contributed by atoms with Gasteiger partial charge in [-0.3, -0.25) is 9.69 Å². The molecule has 3 aromatic rings. The topological polar surface area (TPSA) is 32.3 Å². The summed E-state index contributed by atoms with van der Waals surface area (Å²) in [4.78, 5) is 14.6. The summed E-state index contributed by atoms with van der Waals surface area (Å²) in [6, 6.07) is 16.6. The number of nitrogens with zero attached hydrogens (tertiary/aromatic N) is 1. The van der Waals surface area contributed by atoms with Crippen LogP contribution in [0.1, 0.15) is 22.3 Å². The van der Waals surface area contributed by atoms with Crippen molar-refractivity contribution < 1.29 is 9.18 Å². The first-order chi connectivity index (χ1) is 13.2. The van der Waals surface area contributed by atoms with Gasteiger partial charge in [0.05, 0.1) is 0 Å². The third-order valence-electron chi connectivity index (χ3n) is 4.93. The smallest absolute Gasteiger partial charge is 0.251 e. The van der Waals surface area contributed by atoms with E-state index in [1.54, 1.807) is 11.3 Å². The third kappa shape index (κ3) is 4.43. The number of amides is 1. The highest BCUT2D eigenvalue weighted by molar-refractivity contribution is 7.08. The fourth-order valence-corrected chi connectivity index (χ4v) is 4.12. The van der Waals surface area contributed by atoms with E-state index in [2.05, 4.69) is 51.3 Å². The van der Waals surface area contributed by atoms with Crippen LogP contribution in [0.2, 0.25) is 0 Å². The number of thiophene rings is 1. The number of nitrogens with one attached hydrogen (secondary N) is 1. The van der Waals surface area contributed by atoms with E-state index in [0.29, 0.717) is 5.56 Å². The normalized spacial score (nSPS) is 17.1. The Labute approximate surface area is 162 Å². The Balaban J connectivity index is 1.30. The van der Waals surface area contributed by atoms with Crippen LogP contribution in [0.25, 0.3) is 11.1 Å². The summed E-state index contributed by atoms with van der Waals surface area (Å²) in [7, 11) is 0. The number of halogens is 1. The molecule has 1 N–H and O–H groups in total.